The maximum atomic E-state index is 12.5. The van der Waals surface area contributed by atoms with Gasteiger partial charge in [-0.1, -0.05) is 6.92 Å². The Morgan fingerprint density at radius 2 is 1.95 bits per heavy atom. The van der Waals surface area contributed by atoms with E-state index in [-0.39, 0.29) is 30.3 Å². The number of hydrogen-bond acceptors (Lipinski definition) is 5. The molecule has 8 heteroatoms. The summed E-state index contributed by atoms with van der Waals surface area (Å²) in [6.45, 7) is 4.72. The zero-order chi connectivity index (χ0) is 15.5. The lowest BCUT2D eigenvalue weighted by molar-refractivity contribution is -0.385. The second-order valence-corrected chi connectivity index (χ2v) is 6.27. The van der Waals surface area contributed by atoms with Crippen LogP contribution in [0.1, 0.15) is 18.1 Å². The van der Waals surface area contributed by atoms with Crippen molar-refractivity contribution in [1.29, 1.82) is 0 Å². The van der Waals surface area contributed by atoms with Gasteiger partial charge in [-0.25, -0.2) is 8.42 Å². The molecule has 7 nitrogen and oxygen atoms in total. The van der Waals surface area contributed by atoms with Gasteiger partial charge in [0.25, 0.3) is 5.69 Å². The summed E-state index contributed by atoms with van der Waals surface area (Å²) in [4.78, 5) is 10.2. The number of aliphatic hydroxyl groups is 1. The molecule has 0 amide bonds. The number of nitro benzene ring substituents is 1. The summed E-state index contributed by atoms with van der Waals surface area (Å²) >= 11 is 0. The van der Waals surface area contributed by atoms with Crippen LogP contribution < -0.4 is 0 Å². The topological polar surface area (TPSA) is 101 Å². The molecule has 0 aliphatic heterocycles. The summed E-state index contributed by atoms with van der Waals surface area (Å²) < 4.78 is 26.1. The molecule has 0 aliphatic carbocycles. The van der Waals surface area contributed by atoms with Gasteiger partial charge in [0.15, 0.2) is 0 Å². The number of sulfonamides is 1. The smallest absolute Gasteiger partial charge is 0.271 e. The number of aliphatic hydroxyl groups excluding tert-OH is 1. The fourth-order valence-corrected chi connectivity index (χ4v) is 3.64. The molecule has 0 bridgehead atoms. The van der Waals surface area contributed by atoms with E-state index < -0.39 is 14.9 Å². The van der Waals surface area contributed by atoms with Gasteiger partial charge < -0.3 is 5.11 Å². The van der Waals surface area contributed by atoms with E-state index in [0.29, 0.717) is 11.1 Å². The Labute approximate surface area is 118 Å². The predicted octanol–water partition coefficient (Wildman–Crippen LogP) is 1.21. The van der Waals surface area contributed by atoms with Crippen molar-refractivity contribution in [3.05, 3.63) is 33.4 Å². The summed E-state index contributed by atoms with van der Waals surface area (Å²) in [7, 11) is -3.85. The number of non-ortho nitro benzene ring substituents is 1. The minimum atomic E-state index is -3.85. The van der Waals surface area contributed by atoms with Crippen LogP contribution in [0.5, 0.6) is 0 Å². The zero-order valence-electron chi connectivity index (χ0n) is 11.7. The number of nitro groups is 1. The third-order valence-corrected chi connectivity index (χ3v) is 5.24. The van der Waals surface area contributed by atoms with Crippen LogP contribution in [0.25, 0.3) is 0 Å². The quantitative estimate of drug-likeness (QED) is 0.629. The maximum absolute atomic E-state index is 12.5. The first-order chi connectivity index (χ1) is 9.25. The Kier molecular flexibility index (Phi) is 5.21. The lowest BCUT2D eigenvalue weighted by atomic mass is 10.1. The molecule has 0 saturated heterocycles. The highest BCUT2D eigenvalue weighted by Gasteiger charge is 2.27. The second kappa shape index (κ2) is 6.29. The predicted molar refractivity (Wildman–Crippen MR) is 74.1 cm³/mol. The third-order valence-electron chi connectivity index (χ3n) is 3.14. The molecule has 20 heavy (non-hydrogen) atoms. The highest BCUT2D eigenvalue weighted by atomic mass is 32.2. The first-order valence-electron chi connectivity index (χ1n) is 6.12. The Morgan fingerprint density at radius 1 is 1.35 bits per heavy atom. The SMILES string of the molecule is CCN(CCO)S(=O)(=O)c1cc([N+](=O)[O-])cc(C)c1C. The van der Waals surface area contributed by atoms with E-state index in [1.165, 1.54) is 6.07 Å². The third kappa shape index (κ3) is 3.14. The van der Waals surface area contributed by atoms with E-state index in [1.807, 2.05) is 0 Å². The molecule has 0 unspecified atom stereocenters. The summed E-state index contributed by atoms with van der Waals surface area (Å²) in [5, 5.41) is 19.8. The van der Waals surface area contributed by atoms with Crippen molar-refractivity contribution in [1.82, 2.24) is 4.31 Å². The lowest BCUT2D eigenvalue weighted by Crippen LogP contribution is -2.34. The van der Waals surface area contributed by atoms with Gasteiger partial charge in [0.2, 0.25) is 10.0 Å². The van der Waals surface area contributed by atoms with Crippen molar-refractivity contribution in [3.63, 3.8) is 0 Å². The highest BCUT2D eigenvalue weighted by Crippen LogP contribution is 2.27. The molecule has 1 rings (SSSR count). The summed E-state index contributed by atoms with van der Waals surface area (Å²) in [5.74, 6) is 0. The van der Waals surface area contributed by atoms with Gasteiger partial charge >= 0.3 is 0 Å². The van der Waals surface area contributed by atoms with Crippen LogP contribution in [-0.2, 0) is 10.0 Å². The van der Waals surface area contributed by atoms with Crippen LogP contribution in [0.3, 0.4) is 0 Å². The van der Waals surface area contributed by atoms with Crippen LogP contribution in [-0.4, -0.2) is 42.4 Å². The average Bonchev–Trinajstić information content (AvgIpc) is 2.38. The van der Waals surface area contributed by atoms with Crippen molar-refractivity contribution in [2.45, 2.75) is 25.7 Å². The normalized spacial score (nSPS) is 11.8. The highest BCUT2D eigenvalue weighted by molar-refractivity contribution is 7.89. The number of aryl methyl sites for hydroxylation is 1. The molecule has 0 heterocycles. The molecule has 0 radical (unpaired) electrons. The maximum Gasteiger partial charge on any atom is 0.271 e. The zero-order valence-corrected chi connectivity index (χ0v) is 12.5. The molecule has 0 spiro atoms. The number of benzene rings is 1. The molecule has 0 atom stereocenters. The van der Waals surface area contributed by atoms with Gasteiger partial charge in [0.1, 0.15) is 0 Å². The van der Waals surface area contributed by atoms with Crippen molar-refractivity contribution in [3.8, 4) is 0 Å². The largest absolute Gasteiger partial charge is 0.395 e. The molecule has 0 saturated carbocycles. The van der Waals surface area contributed by atoms with Crippen LogP contribution in [0.4, 0.5) is 5.69 Å². The van der Waals surface area contributed by atoms with E-state index in [4.69, 9.17) is 5.11 Å². The van der Waals surface area contributed by atoms with Gasteiger partial charge in [-0.2, -0.15) is 4.31 Å². The Balaban J connectivity index is 3.48. The van der Waals surface area contributed by atoms with E-state index in [9.17, 15) is 18.5 Å². The van der Waals surface area contributed by atoms with E-state index in [0.717, 1.165) is 10.4 Å². The molecule has 1 aromatic rings. The minimum Gasteiger partial charge on any atom is -0.395 e. The summed E-state index contributed by atoms with van der Waals surface area (Å²) in [6.07, 6.45) is 0. The average molecular weight is 302 g/mol. The van der Waals surface area contributed by atoms with Gasteiger partial charge in [-0.05, 0) is 25.0 Å². The van der Waals surface area contributed by atoms with Crippen LogP contribution in [0.2, 0.25) is 0 Å². The lowest BCUT2D eigenvalue weighted by Gasteiger charge is -2.21. The molecule has 1 aromatic carbocycles. The van der Waals surface area contributed by atoms with Crippen LogP contribution in [0.15, 0.2) is 17.0 Å². The monoisotopic (exact) mass is 302 g/mol. The van der Waals surface area contributed by atoms with Crippen molar-refractivity contribution >= 4 is 15.7 Å². The molecule has 1 N–H and O–H groups in total. The van der Waals surface area contributed by atoms with Crippen molar-refractivity contribution in [2.75, 3.05) is 19.7 Å². The molecular formula is C12H18N2O5S. The fraction of sp³-hybridized carbons (Fsp3) is 0.500. The van der Waals surface area contributed by atoms with Crippen molar-refractivity contribution in [2.24, 2.45) is 0 Å². The van der Waals surface area contributed by atoms with Crippen LogP contribution in [0, 0.1) is 24.0 Å². The first-order valence-corrected chi connectivity index (χ1v) is 7.56. The van der Waals surface area contributed by atoms with Gasteiger partial charge in [0.05, 0.1) is 16.4 Å². The molecule has 0 fully saturated rings. The Hall–Kier alpha value is -1.51. The number of rotatable bonds is 6. The summed E-state index contributed by atoms with van der Waals surface area (Å²) in [6, 6.07) is 2.41. The second-order valence-electron chi connectivity index (χ2n) is 4.36. The minimum absolute atomic E-state index is 0.0417. The number of nitrogens with zero attached hydrogens (tertiary/aromatic N) is 2. The van der Waals surface area contributed by atoms with Crippen LogP contribution >= 0.6 is 0 Å². The standard InChI is InChI=1S/C12H18N2O5S/c1-4-13(5-6-15)20(18,19)12-8-11(14(16)17)7-9(2)10(12)3/h7-8,15H,4-6H2,1-3H3. The van der Waals surface area contributed by atoms with E-state index >= 15 is 0 Å². The van der Waals surface area contributed by atoms with Crippen molar-refractivity contribution < 1.29 is 18.4 Å². The number of likely N-dealkylation sites (N-methyl/N-ethyl adjacent to an activating group) is 1. The Morgan fingerprint density at radius 3 is 2.40 bits per heavy atom. The van der Waals surface area contributed by atoms with Gasteiger partial charge in [0, 0.05) is 25.2 Å². The summed E-state index contributed by atoms with van der Waals surface area (Å²) in [5.41, 5.74) is 0.761. The number of hydrogen-bond donors (Lipinski definition) is 1. The molecule has 0 aliphatic rings. The van der Waals surface area contributed by atoms with Gasteiger partial charge in [-0.15, -0.1) is 0 Å². The Bertz CT molecular complexity index is 613. The first kappa shape index (κ1) is 16.5. The molecule has 0 aromatic heterocycles. The molecular weight excluding hydrogens is 284 g/mol. The van der Waals surface area contributed by atoms with E-state index in [2.05, 4.69) is 0 Å². The van der Waals surface area contributed by atoms with E-state index in [1.54, 1.807) is 20.8 Å². The molecule has 112 valence electrons. The fourth-order valence-electron chi connectivity index (χ4n) is 1.88. The van der Waals surface area contributed by atoms with Gasteiger partial charge in [-0.3, -0.25) is 10.1 Å².